The average Bonchev–Trinajstić information content (AvgIpc) is 1.58. The predicted molar refractivity (Wildman–Crippen MR) is 450 cm³/mol. The second-order valence-corrected chi connectivity index (χ2v) is 42.7. The number of alkyl carbamates (subject to hydrolysis) is 1. The number of hydrogen-bond acceptors (Lipinski definition) is 19. The van der Waals surface area contributed by atoms with Crippen LogP contribution >= 0.6 is 35.9 Å². The molecule has 0 bridgehead atoms. The molecular formula is C85H111ClF3N9O15S4. The molecule has 638 valence electrons. The Balaban J connectivity index is 0.000000243. The third-order valence-electron chi connectivity index (χ3n) is 21.1. The summed E-state index contributed by atoms with van der Waals surface area (Å²) in [6, 6.07) is 36.9. The summed E-state index contributed by atoms with van der Waals surface area (Å²) in [5.41, 5.74) is 4.90. The molecule has 5 aromatic rings. The van der Waals surface area contributed by atoms with E-state index in [4.69, 9.17) is 10.5 Å². The number of benzene rings is 4. The van der Waals surface area contributed by atoms with Crippen molar-refractivity contribution in [2.24, 2.45) is 28.4 Å². The van der Waals surface area contributed by atoms with Crippen LogP contribution in [0.4, 0.5) is 22.8 Å². The van der Waals surface area contributed by atoms with Crippen LogP contribution in [0.15, 0.2) is 159 Å². The number of ether oxygens (including phenoxy) is 3. The molecule has 0 unspecified atom stereocenters. The van der Waals surface area contributed by atoms with Gasteiger partial charge in [-0.1, -0.05) is 197 Å². The Morgan fingerprint density at radius 2 is 0.932 bits per heavy atom. The van der Waals surface area contributed by atoms with Gasteiger partial charge in [0.05, 0.1) is 26.0 Å². The Morgan fingerprint density at radius 3 is 1.26 bits per heavy atom. The van der Waals surface area contributed by atoms with Crippen LogP contribution in [0.25, 0.3) is 22.3 Å². The van der Waals surface area contributed by atoms with Crippen LogP contribution < -0.4 is 35.9 Å². The molecule has 11 rings (SSSR count). The third-order valence-corrected chi connectivity index (χ3v) is 27.6. The molecule has 1 aromatic heterocycles. The van der Waals surface area contributed by atoms with Crippen molar-refractivity contribution in [3.05, 3.63) is 170 Å². The second kappa shape index (κ2) is 36.2. The number of sulfonamides is 2. The van der Waals surface area contributed by atoms with Crippen molar-refractivity contribution in [1.82, 2.24) is 40.2 Å². The number of aromatic nitrogens is 1. The molecule has 4 aliphatic carbocycles. The highest BCUT2D eigenvalue weighted by Gasteiger charge is 2.65. The molecule has 7 N–H and O–H groups in total. The van der Waals surface area contributed by atoms with Gasteiger partial charge in [0.25, 0.3) is 11.8 Å². The molecule has 2 saturated heterocycles. The van der Waals surface area contributed by atoms with Crippen molar-refractivity contribution in [2.45, 2.75) is 238 Å². The average molecular weight is 1720 g/mol. The monoisotopic (exact) mass is 1720 g/mol. The Kier molecular flexibility index (Phi) is 29.1. The summed E-state index contributed by atoms with van der Waals surface area (Å²) in [6.45, 7) is 34.1. The first-order chi connectivity index (χ1) is 53.9. The number of rotatable bonds is 25. The normalized spacial score (nSPS) is 23.6. The van der Waals surface area contributed by atoms with Gasteiger partial charge in [0.2, 0.25) is 55.2 Å². The summed E-state index contributed by atoms with van der Waals surface area (Å²) in [7, 11) is -7.72. The van der Waals surface area contributed by atoms with Gasteiger partial charge in [0.1, 0.15) is 34.8 Å². The van der Waals surface area contributed by atoms with E-state index in [1.165, 1.54) is 29.3 Å². The number of nitrogens with one attached hydrogen (secondary N) is 5. The number of hydrogen-bond donors (Lipinski definition) is 6. The topological polar surface area (TPSA) is 338 Å². The molecule has 3 heterocycles. The van der Waals surface area contributed by atoms with E-state index in [2.05, 4.69) is 105 Å². The zero-order valence-electron chi connectivity index (χ0n) is 68.8. The van der Waals surface area contributed by atoms with E-state index in [-0.39, 0.29) is 67.0 Å². The molecule has 4 saturated carbocycles. The standard InChI is InChI=1S/C40H54N4O7S2.C35H46N4O5S2.C10H10F3NO3.ClH/c1-10-28-22-40(28,35(47)43-53(49,50)30-20-21-30)42-33(45)31-23-39(52-25(2)3,29-18-16-27(17-19-29)26-14-12-11-13-15-26)24-44(31)34(46)32(37(4,5)6)41-36(48)51-38(7,8)9;1-7-25-19-35(25,32(42)38-46(43,44)27-17-18-27)37-30(40)28-20-34(45-22(2)3,21-39(28)31(41)29(36)33(4,5)6)26-15-13-24(14-16-26)23-11-9-8-10-12-23;1-9(2,10(11,12)13)17-8(15)16-7-5-3-4-6-14-7;/h10-19,25,28,30-32H,1,20-24H2,2-9H3,(H,41,48)(H,42,45)(H,43,47);7-16,22,25,27-29H,1,17-21,36H2,2-6H3,(H,37,40)(H,38,42);3-6H,1-2H3;1H/t28-,31+,32-,39+,40-;25-,28+,29-,34+,35-;;/m11../s1. The number of carbonyl (C=O) groups is 8. The van der Waals surface area contributed by atoms with Crippen molar-refractivity contribution in [3.8, 4) is 28.1 Å². The van der Waals surface area contributed by atoms with Crippen LogP contribution in [0.1, 0.15) is 166 Å². The summed E-state index contributed by atoms with van der Waals surface area (Å²) in [5, 5.41) is 7.63. The smallest absolute Gasteiger partial charge is 0.444 e. The first-order valence-electron chi connectivity index (χ1n) is 38.8. The SMILES string of the molecule is C=C[C@@H]1C[C@]1(NC(=O)[C@@H]1C[C@@](SC(C)C)(c2ccc(-c3ccccc3)cc2)CN1C(=O)[C@@H](N)C(C)(C)C)C(=O)NS(=O)(=O)C1CC1.C=C[C@@H]1C[C@]1(NC(=O)[C@@H]1C[C@@](SC(C)C)(c2ccc(-c3ccccc3)cc2)CN1C(=O)[C@@H](NC(=O)OC(C)(C)C)C(C)(C)C)C(=O)NS(=O)(=O)C1CC1.CC(C)(OC(=O)Oc1ccccn1)C(F)(F)F.Cl. The van der Waals surface area contributed by atoms with E-state index >= 15 is 0 Å². The van der Waals surface area contributed by atoms with Gasteiger partial charge in [0.15, 0.2) is 0 Å². The fraction of sp³-hybridized carbons (Fsp3) is 0.518. The minimum absolute atomic E-state index is 0. The van der Waals surface area contributed by atoms with Crippen molar-refractivity contribution >= 4 is 104 Å². The minimum atomic E-state index is -4.67. The maximum Gasteiger partial charge on any atom is 0.516 e. The lowest BCUT2D eigenvalue weighted by Crippen LogP contribution is -2.60. The van der Waals surface area contributed by atoms with Gasteiger partial charge in [-0.3, -0.25) is 38.2 Å². The highest BCUT2D eigenvalue weighted by molar-refractivity contribution is 8.01. The van der Waals surface area contributed by atoms with Gasteiger partial charge in [-0.15, -0.1) is 49.1 Å². The Bertz CT molecular complexity index is 4680. The van der Waals surface area contributed by atoms with E-state index in [0.717, 1.165) is 47.2 Å². The lowest BCUT2D eigenvalue weighted by molar-refractivity contribution is -0.247. The first kappa shape index (κ1) is 94.0. The van der Waals surface area contributed by atoms with Crippen LogP contribution in [0.5, 0.6) is 5.88 Å². The first-order valence-corrected chi connectivity index (χ1v) is 43.6. The summed E-state index contributed by atoms with van der Waals surface area (Å²) >= 11 is 3.35. The third kappa shape index (κ3) is 22.9. The zero-order chi connectivity index (χ0) is 85.9. The number of halogens is 4. The maximum absolute atomic E-state index is 14.8. The number of nitrogens with two attached hydrogens (primary N) is 1. The van der Waals surface area contributed by atoms with Gasteiger partial charge in [-0.2, -0.15) is 13.2 Å². The van der Waals surface area contributed by atoms with Crippen molar-refractivity contribution in [1.29, 1.82) is 0 Å². The van der Waals surface area contributed by atoms with Gasteiger partial charge < -0.3 is 45.7 Å². The van der Waals surface area contributed by atoms with Crippen LogP contribution in [0.3, 0.4) is 0 Å². The highest BCUT2D eigenvalue weighted by atomic mass is 35.5. The van der Waals surface area contributed by atoms with E-state index in [0.29, 0.717) is 32.1 Å². The van der Waals surface area contributed by atoms with Gasteiger partial charge in [0, 0.05) is 37.2 Å². The summed E-state index contributed by atoms with van der Waals surface area (Å²) in [4.78, 5) is 116. The molecular weight excluding hydrogens is 1610 g/mol. The molecule has 4 aromatic carbocycles. The molecule has 10 atom stereocenters. The highest BCUT2D eigenvalue weighted by Crippen LogP contribution is 2.54. The minimum Gasteiger partial charge on any atom is -0.444 e. The second-order valence-electron chi connectivity index (χ2n) is 34.9. The van der Waals surface area contributed by atoms with Crippen molar-refractivity contribution in [2.75, 3.05) is 13.1 Å². The quantitative estimate of drug-likeness (QED) is 0.0233. The zero-order valence-corrected chi connectivity index (χ0v) is 72.9. The van der Waals surface area contributed by atoms with Crippen molar-refractivity contribution in [3.63, 3.8) is 0 Å². The van der Waals surface area contributed by atoms with Crippen LogP contribution in [-0.4, -0.2) is 166 Å². The maximum atomic E-state index is 14.8. The fourth-order valence-corrected chi connectivity index (χ4v) is 20.1. The largest absolute Gasteiger partial charge is 0.516 e. The molecule has 6 fully saturated rings. The number of alkyl halides is 3. The number of nitrogens with zero attached hydrogens (tertiary/aromatic N) is 3. The molecule has 7 amide bonds. The van der Waals surface area contributed by atoms with E-state index < -0.39 is 157 Å². The molecule has 6 aliphatic rings. The lowest BCUT2D eigenvalue weighted by atomic mass is 9.85. The number of thioether (sulfide) groups is 2. The van der Waals surface area contributed by atoms with Crippen molar-refractivity contribution < 1.29 is 82.6 Å². The molecule has 2 aliphatic heterocycles. The molecule has 32 heteroatoms. The number of likely N-dealkylation sites (tertiary alicyclic amines) is 2. The van der Waals surface area contributed by atoms with E-state index in [1.54, 1.807) is 61.3 Å². The lowest BCUT2D eigenvalue weighted by Gasteiger charge is -2.36. The molecule has 0 spiro atoms. The number of carbonyl (C=O) groups excluding carboxylic acids is 8. The predicted octanol–water partition coefficient (Wildman–Crippen LogP) is 13.6. The Labute approximate surface area is 700 Å². The Hall–Kier alpha value is -8.49. The number of amides is 7. The number of pyridine rings is 1. The van der Waals surface area contributed by atoms with E-state index in [1.807, 2.05) is 126 Å². The molecule has 0 radical (unpaired) electrons. The molecule has 24 nitrogen and oxygen atoms in total. The molecule has 117 heavy (non-hydrogen) atoms. The van der Waals surface area contributed by atoms with Gasteiger partial charge >= 0.3 is 18.4 Å². The fourth-order valence-electron chi connectivity index (χ4n) is 14.1. The van der Waals surface area contributed by atoms with Crippen LogP contribution in [0.2, 0.25) is 0 Å². The summed E-state index contributed by atoms with van der Waals surface area (Å²) < 4.78 is 105. The van der Waals surface area contributed by atoms with E-state index in [9.17, 15) is 68.4 Å². The van der Waals surface area contributed by atoms with Crippen LogP contribution in [-0.2, 0) is 67.8 Å². The van der Waals surface area contributed by atoms with Gasteiger partial charge in [-0.25, -0.2) is 31.4 Å². The van der Waals surface area contributed by atoms with Crippen LogP contribution in [0, 0.1) is 22.7 Å². The summed E-state index contributed by atoms with van der Waals surface area (Å²) in [6.07, 6.45) is 0.395. The Morgan fingerprint density at radius 1 is 0.547 bits per heavy atom. The summed E-state index contributed by atoms with van der Waals surface area (Å²) in [5.74, 6) is -4.54. The van der Waals surface area contributed by atoms with Gasteiger partial charge in [-0.05, 0) is 147 Å².